The number of hydrogen-bond donors (Lipinski definition) is 2. The summed E-state index contributed by atoms with van der Waals surface area (Å²) >= 11 is 0. The van der Waals surface area contributed by atoms with Gasteiger partial charge in [-0.2, -0.15) is 5.10 Å². The Morgan fingerprint density at radius 2 is 2.41 bits per heavy atom. The van der Waals surface area contributed by atoms with Crippen LogP contribution in [0.3, 0.4) is 0 Å². The predicted octanol–water partition coefficient (Wildman–Crippen LogP) is 1.14. The molecule has 1 fully saturated rings. The molecule has 1 aliphatic carbocycles. The van der Waals surface area contributed by atoms with Crippen LogP contribution in [0.2, 0.25) is 0 Å². The fraction of sp³-hybridized carbons (Fsp3) is 0.769. The second-order valence-corrected chi connectivity index (χ2v) is 5.32. The van der Waals surface area contributed by atoms with E-state index >= 15 is 0 Å². The van der Waals surface area contributed by atoms with Crippen LogP contribution in [0, 0.1) is 0 Å². The second-order valence-electron chi connectivity index (χ2n) is 5.32. The summed E-state index contributed by atoms with van der Waals surface area (Å²) in [5.74, 6) is 0. The third-order valence-corrected chi connectivity index (χ3v) is 4.15. The van der Waals surface area contributed by atoms with Crippen molar-refractivity contribution in [3.63, 3.8) is 0 Å². The molecule has 1 aromatic heterocycles. The van der Waals surface area contributed by atoms with Gasteiger partial charge in [-0.25, -0.2) is 0 Å². The van der Waals surface area contributed by atoms with Crippen molar-refractivity contribution in [3.05, 3.63) is 17.5 Å². The Kier molecular flexibility index (Phi) is 3.16. The molecule has 1 saturated heterocycles. The molecule has 1 aliphatic heterocycles. The molecular weight excluding hydrogens is 212 g/mol. The van der Waals surface area contributed by atoms with E-state index < -0.39 is 0 Å². The molecule has 2 N–H and O–H groups in total. The van der Waals surface area contributed by atoms with Crippen molar-refractivity contribution in [1.29, 1.82) is 0 Å². The van der Waals surface area contributed by atoms with Gasteiger partial charge in [-0.15, -0.1) is 0 Å². The lowest BCUT2D eigenvalue weighted by Crippen LogP contribution is -2.36. The van der Waals surface area contributed by atoms with Gasteiger partial charge in [0.2, 0.25) is 0 Å². The molecule has 4 nitrogen and oxygen atoms in total. The highest BCUT2D eigenvalue weighted by molar-refractivity contribution is 5.24. The molecule has 0 amide bonds. The number of nitrogens with zero attached hydrogens (tertiary/aromatic N) is 2. The lowest BCUT2D eigenvalue weighted by atomic mass is 9.93. The summed E-state index contributed by atoms with van der Waals surface area (Å²) in [6.45, 7) is 2.29. The third kappa shape index (κ3) is 2.24. The molecule has 2 unspecified atom stereocenters. The van der Waals surface area contributed by atoms with Crippen molar-refractivity contribution in [2.75, 3.05) is 13.1 Å². The Hall–Kier alpha value is -0.870. The number of fused-ring (bicyclic) bond motifs is 1. The normalized spacial score (nSPS) is 28.3. The molecule has 0 radical (unpaired) electrons. The summed E-state index contributed by atoms with van der Waals surface area (Å²) in [5.41, 5.74) is 2.85. The van der Waals surface area contributed by atoms with Crippen molar-refractivity contribution in [2.45, 2.75) is 44.2 Å². The van der Waals surface area contributed by atoms with Crippen LogP contribution in [-0.4, -0.2) is 28.9 Å². The lowest BCUT2D eigenvalue weighted by molar-refractivity contribution is 0.422. The van der Waals surface area contributed by atoms with Crippen molar-refractivity contribution in [1.82, 2.24) is 20.4 Å². The molecular formula is C13H22N4. The molecule has 3 rings (SSSR count). The quantitative estimate of drug-likeness (QED) is 0.824. The number of rotatable bonds is 3. The van der Waals surface area contributed by atoms with Crippen LogP contribution in [0.4, 0.5) is 0 Å². The maximum absolute atomic E-state index is 4.39. The molecule has 0 saturated carbocycles. The lowest BCUT2D eigenvalue weighted by Gasteiger charge is -2.25. The van der Waals surface area contributed by atoms with Crippen LogP contribution < -0.4 is 10.6 Å². The number of nitrogens with one attached hydrogen (secondary N) is 2. The Morgan fingerprint density at radius 3 is 3.24 bits per heavy atom. The molecule has 2 heterocycles. The monoisotopic (exact) mass is 234 g/mol. The first-order valence-corrected chi connectivity index (χ1v) is 6.82. The minimum absolute atomic E-state index is 0.523. The van der Waals surface area contributed by atoms with E-state index in [1.807, 2.05) is 10.9 Å². The fourth-order valence-corrected chi connectivity index (χ4v) is 3.13. The SMILES string of the molecule is Cn1ncc2c1CCCC2NCC1CCCN1. The maximum atomic E-state index is 4.39. The average Bonchev–Trinajstić information content (AvgIpc) is 2.97. The largest absolute Gasteiger partial charge is 0.313 e. The van der Waals surface area contributed by atoms with E-state index in [2.05, 4.69) is 22.8 Å². The zero-order valence-corrected chi connectivity index (χ0v) is 10.6. The van der Waals surface area contributed by atoms with E-state index in [0.29, 0.717) is 12.1 Å². The van der Waals surface area contributed by atoms with Crippen LogP contribution in [0.5, 0.6) is 0 Å². The standard InChI is InChI=1S/C13H22N4/c1-17-13-6-2-5-12(11(13)9-16-17)15-8-10-4-3-7-14-10/h9-10,12,14-15H,2-8H2,1H3. The van der Waals surface area contributed by atoms with E-state index in [1.165, 1.54) is 49.9 Å². The Morgan fingerprint density at radius 1 is 1.47 bits per heavy atom. The van der Waals surface area contributed by atoms with Gasteiger partial charge in [-0.3, -0.25) is 4.68 Å². The molecule has 17 heavy (non-hydrogen) atoms. The molecule has 0 bridgehead atoms. The van der Waals surface area contributed by atoms with E-state index in [4.69, 9.17) is 0 Å². The van der Waals surface area contributed by atoms with Gasteiger partial charge in [0.15, 0.2) is 0 Å². The molecule has 2 aliphatic rings. The summed E-state index contributed by atoms with van der Waals surface area (Å²) in [4.78, 5) is 0. The second kappa shape index (κ2) is 4.78. The minimum atomic E-state index is 0.523. The number of hydrogen-bond acceptors (Lipinski definition) is 3. The van der Waals surface area contributed by atoms with Crippen molar-refractivity contribution in [3.8, 4) is 0 Å². The van der Waals surface area contributed by atoms with Crippen molar-refractivity contribution in [2.24, 2.45) is 7.05 Å². The topological polar surface area (TPSA) is 41.9 Å². The first-order valence-electron chi connectivity index (χ1n) is 6.82. The number of aryl methyl sites for hydroxylation is 1. The van der Waals surface area contributed by atoms with Crippen LogP contribution in [0.15, 0.2) is 6.20 Å². The molecule has 0 aromatic carbocycles. The third-order valence-electron chi connectivity index (χ3n) is 4.15. The highest BCUT2D eigenvalue weighted by Crippen LogP contribution is 2.29. The first kappa shape index (κ1) is 11.2. The first-order chi connectivity index (χ1) is 8.34. The molecule has 94 valence electrons. The molecule has 0 spiro atoms. The van der Waals surface area contributed by atoms with Crippen LogP contribution in [-0.2, 0) is 13.5 Å². The van der Waals surface area contributed by atoms with Crippen LogP contribution >= 0.6 is 0 Å². The van der Waals surface area contributed by atoms with Crippen molar-refractivity contribution >= 4 is 0 Å². The zero-order chi connectivity index (χ0) is 11.7. The molecule has 4 heteroatoms. The summed E-state index contributed by atoms with van der Waals surface area (Å²) in [6.07, 6.45) is 8.42. The highest BCUT2D eigenvalue weighted by atomic mass is 15.3. The fourth-order valence-electron chi connectivity index (χ4n) is 3.13. The maximum Gasteiger partial charge on any atom is 0.0540 e. The van der Waals surface area contributed by atoms with Gasteiger partial charge in [-0.05, 0) is 38.6 Å². The zero-order valence-electron chi connectivity index (χ0n) is 10.6. The Balaban J connectivity index is 1.64. The van der Waals surface area contributed by atoms with Crippen LogP contribution in [0.25, 0.3) is 0 Å². The summed E-state index contributed by atoms with van der Waals surface area (Å²) in [5, 5.41) is 11.6. The summed E-state index contributed by atoms with van der Waals surface area (Å²) < 4.78 is 2.04. The van der Waals surface area contributed by atoms with Gasteiger partial charge >= 0.3 is 0 Å². The van der Waals surface area contributed by atoms with Crippen LogP contribution in [0.1, 0.15) is 43.0 Å². The highest BCUT2D eigenvalue weighted by Gasteiger charge is 2.24. The van der Waals surface area contributed by atoms with Gasteiger partial charge in [0, 0.05) is 36.9 Å². The summed E-state index contributed by atoms with van der Waals surface area (Å²) in [6, 6.07) is 1.20. The smallest absolute Gasteiger partial charge is 0.0540 e. The van der Waals surface area contributed by atoms with Gasteiger partial charge in [0.05, 0.1) is 6.20 Å². The van der Waals surface area contributed by atoms with E-state index in [9.17, 15) is 0 Å². The average molecular weight is 234 g/mol. The van der Waals surface area contributed by atoms with Gasteiger partial charge in [0.1, 0.15) is 0 Å². The Labute approximate surface area is 103 Å². The molecule has 2 atom stereocenters. The van der Waals surface area contributed by atoms with E-state index in [0.717, 1.165) is 6.54 Å². The van der Waals surface area contributed by atoms with Gasteiger partial charge in [0.25, 0.3) is 0 Å². The van der Waals surface area contributed by atoms with Crippen molar-refractivity contribution < 1.29 is 0 Å². The van der Waals surface area contributed by atoms with E-state index in [-0.39, 0.29) is 0 Å². The predicted molar refractivity (Wildman–Crippen MR) is 67.9 cm³/mol. The van der Waals surface area contributed by atoms with Gasteiger partial charge < -0.3 is 10.6 Å². The minimum Gasteiger partial charge on any atom is -0.313 e. The molecule has 1 aromatic rings. The summed E-state index contributed by atoms with van der Waals surface area (Å²) in [7, 11) is 2.06. The van der Waals surface area contributed by atoms with E-state index in [1.54, 1.807) is 0 Å². The number of aromatic nitrogens is 2. The Bertz CT molecular complexity index is 379. The van der Waals surface area contributed by atoms with Gasteiger partial charge in [-0.1, -0.05) is 0 Å².